The Kier molecular flexibility index (Phi) is 5.48. The molecule has 5 atom stereocenters. The number of carbonyl (C=O) groups excluding carboxylic acids is 3. The molecule has 0 aliphatic heterocycles. The van der Waals surface area contributed by atoms with Crippen LogP contribution < -0.4 is 0 Å². The molecular weight excluding hydrogens is 388 g/mol. The van der Waals surface area contributed by atoms with Crippen LogP contribution in [-0.2, 0) is 29.3 Å². The molecule has 2 aliphatic rings. The Labute approximate surface area is 176 Å². The number of phenols is 1. The van der Waals surface area contributed by atoms with Gasteiger partial charge in [0.05, 0.1) is 17.9 Å². The van der Waals surface area contributed by atoms with E-state index in [2.05, 4.69) is 0 Å². The first-order valence-corrected chi connectivity index (χ1v) is 10.2. The van der Waals surface area contributed by atoms with Gasteiger partial charge in [0.2, 0.25) is 0 Å². The first kappa shape index (κ1) is 22.3. The third kappa shape index (κ3) is 3.02. The maximum atomic E-state index is 13.3. The highest BCUT2D eigenvalue weighted by atomic mass is 16.6. The molecule has 0 aromatic heterocycles. The molecule has 0 saturated heterocycles. The number of aliphatic hydroxyl groups is 1. The number of hydrogen-bond donors (Lipinski definition) is 2. The van der Waals surface area contributed by atoms with E-state index in [1.54, 1.807) is 26.0 Å². The van der Waals surface area contributed by atoms with Crippen LogP contribution in [0.3, 0.4) is 0 Å². The minimum Gasteiger partial charge on any atom is -0.508 e. The van der Waals surface area contributed by atoms with Crippen LogP contribution in [0.1, 0.15) is 76.2 Å². The van der Waals surface area contributed by atoms with Crippen molar-refractivity contribution in [3.05, 3.63) is 28.8 Å². The monoisotopic (exact) mass is 418 g/mol. The van der Waals surface area contributed by atoms with Gasteiger partial charge in [0.15, 0.2) is 0 Å². The zero-order valence-electron chi connectivity index (χ0n) is 18.3. The number of methoxy groups -OCH3 is 1. The van der Waals surface area contributed by atoms with Crippen molar-refractivity contribution >= 4 is 17.7 Å². The molecule has 2 aliphatic carbocycles. The van der Waals surface area contributed by atoms with E-state index in [0.717, 1.165) is 5.56 Å². The number of hydrogen-bond acceptors (Lipinski definition) is 7. The number of ether oxygens (including phenoxy) is 2. The SMILES string of the molecule is COC(=O)[C@@]1(C)CCC(=O)[C@@]2(C)c3c(O)cc(C(C)C)cc3[C@@H](O)[C@@H](OC(C)=O)[C@@H]21. The van der Waals surface area contributed by atoms with Crippen LogP contribution in [0.2, 0.25) is 0 Å². The van der Waals surface area contributed by atoms with Crippen molar-refractivity contribution in [2.24, 2.45) is 11.3 Å². The molecule has 1 aromatic carbocycles. The number of aromatic hydroxyl groups is 1. The molecule has 0 spiro atoms. The predicted octanol–water partition coefficient (Wildman–Crippen LogP) is 2.91. The summed E-state index contributed by atoms with van der Waals surface area (Å²) in [6.07, 6.45) is -2.15. The van der Waals surface area contributed by atoms with E-state index in [-0.39, 0.29) is 30.3 Å². The van der Waals surface area contributed by atoms with E-state index >= 15 is 0 Å². The molecule has 0 bridgehead atoms. The van der Waals surface area contributed by atoms with Gasteiger partial charge in [-0.25, -0.2) is 0 Å². The fraction of sp³-hybridized carbons (Fsp3) is 0.609. The quantitative estimate of drug-likeness (QED) is 0.726. The van der Waals surface area contributed by atoms with E-state index in [4.69, 9.17) is 9.47 Å². The number of ketones is 1. The first-order chi connectivity index (χ1) is 13.9. The Morgan fingerprint density at radius 2 is 1.87 bits per heavy atom. The van der Waals surface area contributed by atoms with Gasteiger partial charge in [0.1, 0.15) is 23.7 Å². The Balaban J connectivity index is 2.37. The summed E-state index contributed by atoms with van der Waals surface area (Å²) in [6.45, 7) is 8.45. The van der Waals surface area contributed by atoms with Gasteiger partial charge in [-0.05, 0) is 43.4 Å². The highest BCUT2D eigenvalue weighted by molar-refractivity contribution is 5.95. The fourth-order valence-corrected chi connectivity index (χ4v) is 5.53. The fourth-order valence-electron chi connectivity index (χ4n) is 5.53. The zero-order chi connectivity index (χ0) is 22.6. The van der Waals surface area contributed by atoms with Gasteiger partial charge >= 0.3 is 11.9 Å². The lowest BCUT2D eigenvalue weighted by Gasteiger charge is -2.56. The van der Waals surface area contributed by atoms with Crippen molar-refractivity contribution in [1.29, 1.82) is 0 Å². The third-order valence-corrected chi connectivity index (χ3v) is 7.03. The number of Topliss-reactive ketones (excluding diaryl/α,β-unsaturated/α-hetero) is 1. The number of carbonyl (C=O) groups is 3. The molecular formula is C23H30O7. The lowest BCUT2D eigenvalue weighted by molar-refractivity contribution is -0.190. The molecule has 1 aromatic rings. The van der Waals surface area contributed by atoms with E-state index in [9.17, 15) is 24.6 Å². The standard InChI is InChI=1S/C23H30O7/c1-11(2)13-9-14-17(15(25)10-13)23(5)16(26)7-8-22(4,21(28)29-6)20(23)19(18(14)27)30-12(3)24/h9-11,18-20,25,27H,7-8H2,1-6H3/t18-,19-,20-,22+,23+/m1/s1. The molecule has 0 heterocycles. The largest absolute Gasteiger partial charge is 0.508 e. The molecule has 7 heteroatoms. The van der Waals surface area contributed by atoms with Gasteiger partial charge in [-0.1, -0.05) is 19.9 Å². The third-order valence-electron chi connectivity index (χ3n) is 7.03. The predicted molar refractivity (Wildman–Crippen MR) is 108 cm³/mol. The zero-order valence-corrected chi connectivity index (χ0v) is 18.3. The summed E-state index contributed by atoms with van der Waals surface area (Å²) >= 11 is 0. The average Bonchev–Trinajstić information content (AvgIpc) is 2.67. The normalized spacial score (nSPS) is 32.9. The summed E-state index contributed by atoms with van der Waals surface area (Å²) in [7, 11) is 1.27. The number of fused-ring (bicyclic) bond motifs is 3. The van der Waals surface area contributed by atoms with Crippen LogP contribution in [0, 0.1) is 11.3 Å². The van der Waals surface area contributed by atoms with E-state index < -0.39 is 40.9 Å². The highest BCUT2D eigenvalue weighted by Gasteiger charge is 2.66. The summed E-state index contributed by atoms with van der Waals surface area (Å²) in [5.41, 5.74) is -1.10. The lowest BCUT2D eigenvalue weighted by atomic mass is 9.47. The van der Waals surface area contributed by atoms with Gasteiger partial charge in [0, 0.05) is 24.8 Å². The number of benzene rings is 1. The van der Waals surface area contributed by atoms with Crippen LogP contribution in [0.15, 0.2) is 12.1 Å². The molecule has 7 nitrogen and oxygen atoms in total. The summed E-state index contributed by atoms with van der Waals surface area (Å²) < 4.78 is 10.6. The highest BCUT2D eigenvalue weighted by Crippen LogP contribution is 2.61. The van der Waals surface area contributed by atoms with Crippen molar-refractivity contribution in [1.82, 2.24) is 0 Å². The van der Waals surface area contributed by atoms with Crippen molar-refractivity contribution < 1.29 is 34.1 Å². The second-order valence-corrected chi connectivity index (χ2v) is 9.19. The average molecular weight is 418 g/mol. The summed E-state index contributed by atoms with van der Waals surface area (Å²) in [5.74, 6) is -2.29. The second kappa shape index (κ2) is 7.38. The van der Waals surface area contributed by atoms with E-state index in [1.165, 1.54) is 14.0 Å². The van der Waals surface area contributed by atoms with Gasteiger partial charge in [-0.2, -0.15) is 0 Å². The van der Waals surface area contributed by atoms with Crippen LogP contribution >= 0.6 is 0 Å². The molecule has 3 rings (SSSR count). The van der Waals surface area contributed by atoms with Gasteiger partial charge < -0.3 is 19.7 Å². The molecule has 0 amide bonds. The second-order valence-electron chi connectivity index (χ2n) is 9.19. The van der Waals surface area contributed by atoms with Gasteiger partial charge in [0.25, 0.3) is 0 Å². The molecule has 1 fully saturated rings. The van der Waals surface area contributed by atoms with Crippen molar-refractivity contribution in [2.75, 3.05) is 7.11 Å². The molecule has 164 valence electrons. The Morgan fingerprint density at radius 3 is 2.40 bits per heavy atom. The molecule has 0 unspecified atom stereocenters. The molecule has 0 radical (unpaired) electrons. The molecule has 30 heavy (non-hydrogen) atoms. The maximum absolute atomic E-state index is 13.3. The van der Waals surface area contributed by atoms with Crippen LogP contribution in [-0.4, -0.2) is 41.1 Å². The summed E-state index contributed by atoms with van der Waals surface area (Å²) in [5, 5.41) is 22.2. The minimum absolute atomic E-state index is 0.0634. The lowest BCUT2D eigenvalue weighted by Crippen LogP contribution is -2.63. The number of rotatable bonds is 3. The van der Waals surface area contributed by atoms with Crippen LogP contribution in [0.4, 0.5) is 0 Å². The minimum atomic E-state index is -1.34. The van der Waals surface area contributed by atoms with Gasteiger partial charge in [-0.15, -0.1) is 0 Å². The summed E-state index contributed by atoms with van der Waals surface area (Å²) in [6, 6.07) is 3.35. The molecule has 2 N–H and O–H groups in total. The Morgan fingerprint density at radius 1 is 1.23 bits per heavy atom. The number of aliphatic hydroxyl groups excluding tert-OH is 1. The van der Waals surface area contributed by atoms with Crippen molar-refractivity contribution in [3.8, 4) is 5.75 Å². The van der Waals surface area contributed by atoms with Crippen LogP contribution in [0.5, 0.6) is 5.75 Å². The molecule has 1 saturated carbocycles. The van der Waals surface area contributed by atoms with E-state index in [1.807, 2.05) is 13.8 Å². The Hall–Kier alpha value is -2.41. The van der Waals surface area contributed by atoms with E-state index in [0.29, 0.717) is 11.1 Å². The van der Waals surface area contributed by atoms with Crippen molar-refractivity contribution in [3.63, 3.8) is 0 Å². The van der Waals surface area contributed by atoms with Crippen LogP contribution in [0.25, 0.3) is 0 Å². The number of esters is 2. The van der Waals surface area contributed by atoms with Gasteiger partial charge in [-0.3, -0.25) is 14.4 Å². The first-order valence-electron chi connectivity index (χ1n) is 10.2. The number of phenolic OH excluding ortho intramolecular Hbond substituents is 1. The topological polar surface area (TPSA) is 110 Å². The Bertz CT molecular complexity index is 905. The van der Waals surface area contributed by atoms with Crippen molar-refractivity contribution in [2.45, 2.75) is 71.0 Å². The summed E-state index contributed by atoms with van der Waals surface area (Å²) in [4.78, 5) is 38.1. The maximum Gasteiger partial charge on any atom is 0.312 e. The smallest absolute Gasteiger partial charge is 0.312 e.